The molecule has 0 unspecified atom stereocenters. The molecule has 0 bridgehead atoms. The number of benzene rings is 1. The first kappa shape index (κ1) is 22.1. The van der Waals surface area contributed by atoms with E-state index >= 15 is 0 Å². The number of ketones is 1. The number of amides is 3. The molecule has 0 saturated heterocycles. The fraction of sp³-hybridized carbons (Fsp3) is 0.474. The van der Waals surface area contributed by atoms with Gasteiger partial charge in [0.2, 0.25) is 5.78 Å². The van der Waals surface area contributed by atoms with E-state index in [4.69, 9.17) is 10.5 Å². The largest absolute Gasteiger partial charge is 0.436 e. The van der Waals surface area contributed by atoms with Gasteiger partial charge in [-0.3, -0.25) is 14.4 Å². The molecule has 3 amide bonds. The van der Waals surface area contributed by atoms with E-state index in [0.717, 1.165) is 5.56 Å². The second-order valence-corrected chi connectivity index (χ2v) is 6.53. The van der Waals surface area contributed by atoms with Gasteiger partial charge in [-0.25, -0.2) is 4.79 Å². The van der Waals surface area contributed by atoms with Crippen molar-refractivity contribution in [2.75, 3.05) is 6.54 Å². The van der Waals surface area contributed by atoms with Crippen molar-refractivity contribution in [3.8, 4) is 0 Å². The van der Waals surface area contributed by atoms with Crippen LogP contribution in [0.25, 0.3) is 0 Å². The van der Waals surface area contributed by atoms with Gasteiger partial charge in [-0.15, -0.1) is 0 Å². The van der Waals surface area contributed by atoms with Gasteiger partial charge in [0.15, 0.2) is 6.10 Å². The van der Waals surface area contributed by atoms with E-state index in [1.165, 1.54) is 0 Å². The van der Waals surface area contributed by atoms with Gasteiger partial charge in [-0.2, -0.15) is 0 Å². The van der Waals surface area contributed by atoms with Crippen molar-refractivity contribution in [1.29, 1.82) is 0 Å². The minimum atomic E-state index is -1.14. The standard InChI is InChI=1S/C19H27N3O5/c1-4-21-18(25)16(23)14(11-13-8-6-5-7-9-13)22-17(24)15(10-12(2)3)27-19(20)26/h5-9,12,14-15H,4,10-11H2,1-3H3,(H2,20,26)(H,21,25)(H,22,24)/t14-,15-/m0/s1. The number of hydrogen-bond donors (Lipinski definition) is 3. The van der Waals surface area contributed by atoms with Crippen molar-refractivity contribution in [2.45, 2.75) is 45.8 Å². The lowest BCUT2D eigenvalue weighted by molar-refractivity contribution is -0.141. The van der Waals surface area contributed by atoms with Gasteiger partial charge in [0.25, 0.3) is 11.8 Å². The number of nitrogens with one attached hydrogen (secondary N) is 2. The van der Waals surface area contributed by atoms with Crippen LogP contribution in [0.1, 0.15) is 32.8 Å². The Labute approximate surface area is 158 Å². The molecule has 4 N–H and O–H groups in total. The summed E-state index contributed by atoms with van der Waals surface area (Å²) in [4.78, 5) is 48.1. The number of nitrogens with two attached hydrogens (primary N) is 1. The minimum absolute atomic E-state index is 0.0479. The summed E-state index contributed by atoms with van der Waals surface area (Å²) in [6, 6.07) is 7.90. The van der Waals surface area contributed by atoms with Crippen molar-refractivity contribution >= 4 is 23.7 Å². The third kappa shape index (κ3) is 7.89. The molecule has 0 aliphatic rings. The summed E-state index contributed by atoms with van der Waals surface area (Å²) in [7, 11) is 0. The maximum absolute atomic E-state index is 12.6. The first-order valence-electron chi connectivity index (χ1n) is 8.87. The lowest BCUT2D eigenvalue weighted by Crippen LogP contribution is -2.52. The molecule has 0 aliphatic heterocycles. The van der Waals surface area contributed by atoms with Crippen LogP contribution in [0, 0.1) is 5.92 Å². The van der Waals surface area contributed by atoms with Gasteiger partial charge >= 0.3 is 6.09 Å². The third-order valence-electron chi connectivity index (χ3n) is 3.71. The monoisotopic (exact) mass is 377 g/mol. The average molecular weight is 377 g/mol. The summed E-state index contributed by atoms with van der Waals surface area (Å²) in [5.41, 5.74) is 5.81. The van der Waals surface area contributed by atoms with Gasteiger partial charge in [0.1, 0.15) is 6.04 Å². The van der Waals surface area contributed by atoms with Crippen LogP contribution in [0.15, 0.2) is 30.3 Å². The summed E-state index contributed by atoms with van der Waals surface area (Å²) in [6.45, 7) is 5.69. The molecule has 0 radical (unpaired) electrons. The van der Waals surface area contributed by atoms with Crippen LogP contribution < -0.4 is 16.4 Å². The number of hydrogen-bond acceptors (Lipinski definition) is 5. The fourth-order valence-electron chi connectivity index (χ4n) is 2.51. The molecule has 1 aromatic carbocycles. The summed E-state index contributed by atoms with van der Waals surface area (Å²) in [5, 5.41) is 4.97. The molecule has 0 aromatic heterocycles. The predicted octanol–water partition coefficient (Wildman–Crippen LogP) is 0.929. The quantitative estimate of drug-likeness (QED) is 0.523. The molecule has 0 heterocycles. The number of carbonyl (C=O) groups is 4. The molecule has 1 rings (SSSR count). The maximum Gasteiger partial charge on any atom is 0.405 e. The molecule has 0 aliphatic carbocycles. The van der Waals surface area contributed by atoms with E-state index in [0.29, 0.717) is 0 Å². The Bertz CT molecular complexity index is 661. The van der Waals surface area contributed by atoms with Crippen LogP contribution >= 0.6 is 0 Å². The Balaban J connectivity index is 2.99. The van der Waals surface area contributed by atoms with E-state index in [2.05, 4.69) is 10.6 Å². The highest BCUT2D eigenvalue weighted by atomic mass is 16.6. The van der Waals surface area contributed by atoms with Crippen LogP contribution in [-0.4, -0.2) is 42.4 Å². The maximum atomic E-state index is 12.6. The summed E-state index contributed by atoms with van der Waals surface area (Å²) in [5.74, 6) is -2.17. The number of carbonyl (C=O) groups excluding carboxylic acids is 4. The topological polar surface area (TPSA) is 128 Å². The lowest BCUT2D eigenvalue weighted by atomic mass is 10.00. The highest BCUT2D eigenvalue weighted by Crippen LogP contribution is 2.11. The first-order valence-corrected chi connectivity index (χ1v) is 8.87. The van der Waals surface area contributed by atoms with Crippen LogP contribution in [0.5, 0.6) is 0 Å². The molecule has 0 spiro atoms. The molecule has 2 atom stereocenters. The zero-order valence-corrected chi connectivity index (χ0v) is 15.9. The molecule has 8 heteroatoms. The van der Waals surface area contributed by atoms with E-state index < -0.39 is 35.8 Å². The normalized spacial score (nSPS) is 12.7. The zero-order valence-electron chi connectivity index (χ0n) is 15.9. The van der Waals surface area contributed by atoms with Gasteiger partial charge < -0.3 is 21.1 Å². The molecule has 0 saturated carbocycles. The Hall–Kier alpha value is -2.90. The Kier molecular flexibility index (Phi) is 8.98. The molecule has 148 valence electrons. The second-order valence-electron chi connectivity index (χ2n) is 6.53. The van der Waals surface area contributed by atoms with Crippen LogP contribution in [0.2, 0.25) is 0 Å². The van der Waals surface area contributed by atoms with E-state index in [1.807, 2.05) is 19.9 Å². The molecule has 27 heavy (non-hydrogen) atoms. The van der Waals surface area contributed by atoms with Crippen LogP contribution in [0.4, 0.5) is 4.79 Å². The van der Waals surface area contributed by atoms with Crippen molar-refractivity contribution < 1.29 is 23.9 Å². The Morgan fingerprint density at radius 3 is 2.26 bits per heavy atom. The second kappa shape index (κ2) is 10.9. The summed E-state index contributed by atoms with van der Waals surface area (Å²) < 4.78 is 4.88. The fourth-order valence-corrected chi connectivity index (χ4v) is 2.51. The van der Waals surface area contributed by atoms with Gasteiger partial charge in [-0.1, -0.05) is 44.2 Å². The van der Waals surface area contributed by atoms with Crippen molar-refractivity contribution in [1.82, 2.24) is 10.6 Å². The zero-order chi connectivity index (χ0) is 20.4. The highest BCUT2D eigenvalue weighted by molar-refractivity contribution is 6.38. The highest BCUT2D eigenvalue weighted by Gasteiger charge is 2.31. The lowest BCUT2D eigenvalue weighted by Gasteiger charge is -2.22. The van der Waals surface area contributed by atoms with E-state index in [1.54, 1.807) is 31.2 Å². The number of Topliss-reactive ketones (excluding diaryl/α,β-unsaturated/α-hetero) is 1. The smallest absolute Gasteiger partial charge is 0.405 e. The van der Waals surface area contributed by atoms with Crippen LogP contribution in [0.3, 0.4) is 0 Å². The number of rotatable bonds is 10. The molecular formula is C19H27N3O5. The van der Waals surface area contributed by atoms with Crippen molar-refractivity contribution in [3.63, 3.8) is 0 Å². The average Bonchev–Trinajstić information content (AvgIpc) is 2.60. The third-order valence-corrected chi connectivity index (χ3v) is 3.71. The molecule has 8 nitrogen and oxygen atoms in total. The van der Waals surface area contributed by atoms with Gasteiger partial charge in [-0.05, 0) is 24.8 Å². The first-order chi connectivity index (χ1) is 12.7. The SMILES string of the molecule is CCNC(=O)C(=O)[C@H](Cc1ccccc1)NC(=O)[C@H](CC(C)C)OC(N)=O. The molecular weight excluding hydrogens is 350 g/mol. The number of primary amides is 1. The van der Waals surface area contributed by atoms with Crippen molar-refractivity contribution in [3.05, 3.63) is 35.9 Å². The number of likely N-dealkylation sites (N-methyl/N-ethyl adjacent to an activating group) is 1. The molecule has 1 aromatic rings. The van der Waals surface area contributed by atoms with E-state index in [-0.39, 0.29) is 25.3 Å². The van der Waals surface area contributed by atoms with Crippen molar-refractivity contribution in [2.24, 2.45) is 11.7 Å². The minimum Gasteiger partial charge on any atom is -0.436 e. The van der Waals surface area contributed by atoms with E-state index in [9.17, 15) is 19.2 Å². The summed E-state index contributed by atoms with van der Waals surface area (Å²) >= 11 is 0. The van der Waals surface area contributed by atoms with Crippen LogP contribution in [-0.2, 0) is 25.5 Å². The number of ether oxygens (including phenoxy) is 1. The summed E-state index contributed by atoms with van der Waals surface area (Å²) in [6.07, 6.45) is -1.84. The predicted molar refractivity (Wildman–Crippen MR) is 99.7 cm³/mol. The van der Waals surface area contributed by atoms with Gasteiger partial charge in [0, 0.05) is 13.0 Å². The molecule has 0 fully saturated rings. The Morgan fingerprint density at radius 1 is 1.11 bits per heavy atom. The Morgan fingerprint density at radius 2 is 1.74 bits per heavy atom. The van der Waals surface area contributed by atoms with Gasteiger partial charge in [0.05, 0.1) is 0 Å².